The SMILES string of the molecule is CCCOc1ccc(C2C(C#N)=C(N)Oc3cc(OC(=O)COc4ccc(C(C)(C)C)cc4)ccc32)cc1. The van der Waals surface area contributed by atoms with Crippen molar-refractivity contribution in [3.8, 4) is 29.1 Å². The van der Waals surface area contributed by atoms with Crippen LogP contribution in [0.3, 0.4) is 0 Å². The van der Waals surface area contributed by atoms with E-state index in [1.54, 1.807) is 18.2 Å². The predicted octanol–water partition coefficient (Wildman–Crippen LogP) is 5.98. The van der Waals surface area contributed by atoms with Crippen LogP contribution in [0.25, 0.3) is 0 Å². The van der Waals surface area contributed by atoms with E-state index in [4.69, 9.17) is 24.7 Å². The van der Waals surface area contributed by atoms with Crippen LogP contribution in [0.1, 0.15) is 56.7 Å². The number of allylic oxidation sites excluding steroid dienone is 1. The number of hydrogen-bond acceptors (Lipinski definition) is 7. The van der Waals surface area contributed by atoms with Gasteiger partial charge in [0.25, 0.3) is 0 Å². The first kappa shape index (κ1) is 26.6. The average Bonchev–Trinajstić information content (AvgIpc) is 2.90. The Hall–Kier alpha value is -4.44. The van der Waals surface area contributed by atoms with E-state index in [0.29, 0.717) is 23.7 Å². The number of ether oxygens (including phenoxy) is 4. The van der Waals surface area contributed by atoms with Gasteiger partial charge in [0.15, 0.2) is 6.61 Å². The Balaban J connectivity index is 1.47. The first-order valence-electron chi connectivity index (χ1n) is 12.6. The van der Waals surface area contributed by atoms with Crippen LogP contribution >= 0.6 is 0 Å². The fraction of sp³-hybridized carbons (Fsp3) is 0.290. The normalized spacial score (nSPS) is 14.7. The van der Waals surface area contributed by atoms with E-state index in [0.717, 1.165) is 23.3 Å². The van der Waals surface area contributed by atoms with Crippen LogP contribution in [0.4, 0.5) is 0 Å². The minimum absolute atomic E-state index is 0.0156. The minimum Gasteiger partial charge on any atom is -0.494 e. The van der Waals surface area contributed by atoms with Crippen molar-refractivity contribution in [1.29, 1.82) is 5.26 Å². The van der Waals surface area contributed by atoms with Crippen molar-refractivity contribution in [3.63, 3.8) is 0 Å². The fourth-order valence-corrected chi connectivity index (χ4v) is 4.17. The van der Waals surface area contributed by atoms with Crippen LogP contribution in [-0.2, 0) is 10.2 Å². The third kappa shape index (κ3) is 6.09. The Morgan fingerprint density at radius 1 is 0.974 bits per heavy atom. The lowest BCUT2D eigenvalue weighted by Gasteiger charge is -2.26. The third-order valence-corrected chi connectivity index (χ3v) is 6.19. The zero-order valence-electron chi connectivity index (χ0n) is 22.1. The smallest absolute Gasteiger partial charge is 0.349 e. The van der Waals surface area contributed by atoms with Crippen molar-refractivity contribution >= 4 is 5.97 Å². The fourth-order valence-electron chi connectivity index (χ4n) is 4.17. The molecule has 2 N–H and O–H groups in total. The molecule has 1 aliphatic rings. The largest absolute Gasteiger partial charge is 0.494 e. The van der Waals surface area contributed by atoms with E-state index < -0.39 is 11.9 Å². The summed E-state index contributed by atoms with van der Waals surface area (Å²) in [4.78, 5) is 12.5. The Bertz CT molecular complexity index is 1360. The zero-order valence-corrected chi connectivity index (χ0v) is 22.1. The highest BCUT2D eigenvalue weighted by Gasteiger charge is 2.31. The molecule has 0 bridgehead atoms. The number of hydrogen-bond donors (Lipinski definition) is 1. The quantitative estimate of drug-likeness (QED) is 0.293. The van der Waals surface area contributed by atoms with Gasteiger partial charge in [0.05, 0.1) is 12.5 Å². The summed E-state index contributed by atoms with van der Waals surface area (Å²) in [6.45, 7) is 8.83. The molecule has 0 radical (unpaired) electrons. The summed E-state index contributed by atoms with van der Waals surface area (Å²) < 4.78 is 22.5. The minimum atomic E-state index is -0.555. The van der Waals surface area contributed by atoms with Gasteiger partial charge in [-0.3, -0.25) is 0 Å². The van der Waals surface area contributed by atoms with Gasteiger partial charge < -0.3 is 24.7 Å². The highest BCUT2D eigenvalue weighted by Crippen LogP contribution is 2.43. The maximum absolute atomic E-state index is 12.5. The molecule has 0 amide bonds. The zero-order chi connectivity index (χ0) is 27.3. The average molecular weight is 513 g/mol. The van der Waals surface area contributed by atoms with Gasteiger partial charge in [0.1, 0.15) is 34.6 Å². The van der Waals surface area contributed by atoms with Gasteiger partial charge in [-0.15, -0.1) is 0 Å². The number of nitriles is 1. The second-order valence-electron chi connectivity index (χ2n) is 10.1. The lowest BCUT2D eigenvalue weighted by molar-refractivity contribution is -0.136. The number of rotatable bonds is 8. The molecular formula is C31H32N2O5. The lowest BCUT2D eigenvalue weighted by atomic mass is 9.83. The third-order valence-electron chi connectivity index (χ3n) is 6.19. The number of benzene rings is 3. The second kappa shape index (κ2) is 11.3. The Morgan fingerprint density at radius 3 is 2.24 bits per heavy atom. The van der Waals surface area contributed by atoms with Crippen molar-refractivity contribution < 1.29 is 23.7 Å². The van der Waals surface area contributed by atoms with Crippen LogP contribution < -0.4 is 24.7 Å². The topological polar surface area (TPSA) is 104 Å². The molecule has 4 rings (SSSR count). The Kier molecular flexibility index (Phi) is 7.92. The summed E-state index contributed by atoms with van der Waals surface area (Å²) in [5, 5.41) is 9.80. The number of nitrogens with two attached hydrogens (primary N) is 1. The van der Waals surface area contributed by atoms with E-state index in [2.05, 4.69) is 26.8 Å². The number of fused-ring (bicyclic) bond motifs is 1. The number of nitrogens with zero attached hydrogens (tertiary/aromatic N) is 1. The number of carbonyl (C=O) groups is 1. The van der Waals surface area contributed by atoms with Gasteiger partial charge in [0.2, 0.25) is 5.88 Å². The van der Waals surface area contributed by atoms with Crippen molar-refractivity contribution in [2.24, 2.45) is 5.73 Å². The molecule has 0 aromatic heterocycles. The summed E-state index contributed by atoms with van der Waals surface area (Å²) in [5.41, 5.74) is 9.24. The van der Waals surface area contributed by atoms with E-state index in [1.165, 1.54) is 5.56 Å². The molecule has 0 spiro atoms. The summed E-state index contributed by atoms with van der Waals surface area (Å²) in [7, 11) is 0. The van der Waals surface area contributed by atoms with Crippen molar-refractivity contribution in [2.75, 3.05) is 13.2 Å². The van der Waals surface area contributed by atoms with E-state index in [9.17, 15) is 10.1 Å². The second-order valence-corrected chi connectivity index (χ2v) is 10.1. The van der Waals surface area contributed by atoms with Crippen LogP contribution in [0.5, 0.6) is 23.0 Å². The maximum atomic E-state index is 12.5. The molecule has 1 heterocycles. The summed E-state index contributed by atoms with van der Waals surface area (Å²) >= 11 is 0. The number of esters is 1. The molecule has 1 unspecified atom stereocenters. The van der Waals surface area contributed by atoms with Crippen LogP contribution in [-0.4, -0.2) is 19.2 Å². The van der Waals surface area contributed by atoms with Crippen molar-refractivity contribution in [1.82, 2.24) is 0 Å². The lowest BCUT2D eigenvalue weighted by Crippen LogP contribution is -2.21. The van der Waals surface area contributed by atoms with Crippen LogP contribution in [0, 0.1) is 11.3 Å². The molecule has 7 nitrogen and oxygen atoms in total. The van der Waals surface area contributed by atoms with E-state index in [1.807, 2.05) is 55.5 Å². The van der Waals surface area contributed by atoms with Crippen molar-refractivity contribution in [3.05, 3.63) is 94.9 Å². The molecule has 0 aliphatic carbocycles. The van der Waals surface area contributed by atoms with Gasteiger partial charge in [-0.1, -0.05) is 58.0 Å². The molecular weight excluding hydrogens is 480 g/mol. The summed E-state index contributed by atoms with van der Waals surface area (Å²) in [6.07, 6.45) is 0.913. The van der Waals surface area contributed by atoms with E-state index >= 15 is 0 Å². The Labute approximate surface area is 223 Å². The molecule has 0 saturated carbocycles. The molecule has 38 heavy (non-hydrogen) atoms. The Morgan fingerprint density at radius 2 is 1.61 bits per heavy atom. The number of carbonyl (C=O) groups excluding carboxylic acids is 1. The van der Waals surface area contributed by atoms with Crippen LogP contribution in [0.15, 0.2) is 78.2 Å². The highest BCUT2D eigenvalue weighted by molar-refractivity contribution is 5.74. The maximum Gasteiger partial charge on any atom is 0.349 e. The first-order valence-corrected chi connectivity index (χ1v) is 12.6. The molecule has 3 aromatic rings. The molecule has 3 aromatic carbocycles. The standard InChI is InChI=1S/C31H32N2O5/c1-5-16-35-22-10-6-20(7-11-22)29-25-15-14-24(17-27(25)38-30(33)26(29)18-32)37-28(34)19-36-23-12-8-21(9-13-23)31(2,3)4/h6-15,17,29H,5,16,19,33H2,1-4H3. The van der Waals surface area contributed by atoms with Crippen LogP contribution in [0.2, 0.25) is 0 Å². The molecule has 1 aliphatic heterocycles. The van der Waals surface area contributed by atoms with Gasteiger partial charge in [-0.2, -0.15) is 5.26 Å². The predicted molar refractivity (Wildman–Crippen MR) is 144 cm³/mol. The molecule has 0 saturated heterocycles. The molecule has 0 fully saturated rings. The monoisotopic (exact) mass is 512 g/mol. The van der Waals surface area contributed by atoms with Gasteiger partial charge in [0, 0.05) is 11.6 Å². The highest BCUT2D eigenvalue weighted by atomic mass is 16.6. The molecule has 196 valence electrons. The van der Waals surface area contributed by atoms with Gasteiger partial charge in [-0.25, -0.2) is 4.79 Å². The van der Waals surface area contributed by atoms with Gasteiger partial charge >= 0.3 is 5.97 Å². The molecule has 1 atom stereocenters. The van der Waals surface area contributed by atoms with Crippen molar-refractivity contribution in [2.45, 2.75) is 45.4 Å². The summed E-state index contributed by atoms with van der Waals surface area (Å²) in [5.74, 6) is 1.08. The van der Waals surface area contributed by atoms with E-state index in [-0.39, 0.29) is 23.7 Å². The first-order chi connectivity index (χ1) is 18.2. The molecule has 7 heteroatoms. The summed E-state index contributed by atoms with van der Waals surface area (Å²) in [6, 6.07) is 22.4. The van der Waals surface area contributed by atoms with Gasteiger partial charge in [-0.05, 0) is 53.3 Å².